The van der Waals surface area contributed by atoms with E-state index in [1.807, 2.05) is 0 Å². The van der Waals surface area contributed by atoms with Crippen molar-refractivity contribution in [2.45, 2.75) is 64.2 Å². The van der Waals surface area contributed by atoms with Crippen LogP contribution in [0.2, 0.25) is 0 Å². The van der Waals surface area contributed by atoms with Crippen LogP contribution >= 0.6 is 0 Å². The van der Waals surface area contributed by atoms with Gasteiger partial charge in [-0.2, -0.15) is 0 Å². The van der Waals surface area contributed by atoms with Gasteiger partial charge in [0.1, 0.15) is 15.5 Å². The second-order valence-electron chi connectivity index (χ2n) is 4.73. The molecule has 0 aromatic heterocycles. The van der Waals surface area contributed by atoms with Crippen molar-refractivity contribution in [3.8, 4) is 0 Å². The third-order valence-corrected chi connectivity index (χ3v) is 3.90. The molecular weight excluding hydrogens is 289 g/mol. The van der Waals surface area contributed by atoms with E-state index in [0.29, 0.717) is 12.0 Å². The number of carbonyl (C=O) groups excluding carboxylic acids is 1. The monoisotopic (exact) mass is 313 g/mol. The summed E-state index contributed by atoms with van der Waals surface area (Å²) in [7, 11) is -4.49. The zero-order valence-corrected chi connectivity index (χ0v) is 15.6. The number of rotatable bonds is 10. The molecule has 0 rings (SSSR count). The number of amides is 1. The Bertz CT molecular complexity index is 395. The molecule has 0 saturated heterocycles. The molecule has 1 amide bonds. The Labute approximate surface area is 144 Å². The summed E-state index contributed by atoms with van der Waals surface area (Å²) in [5, 5.41) is 0.726. The SMILES string of the molecule is C=C(CCCCCCCC)C(=O)NC(C)S(=O)(=O)[O-].[Na+]. The molecule has 1 atom stereocenters. The molecule has 112 valence electrons. The van der Waals surface area contributed by atoms with E-state index in [0.717, 1.165) is 26.2 Å². The first-order chi connectivity index (χ1) is 8.79. The molecule has 0 aromatic carbocycles. The Morgan fingerprint density at radius 2 is 1.70 bits per heavy atom. The van der Waals surface area contributed by atoms with Gasteiger partial charge in [-0.15, -0.1) is 0 Å². The molecule has 7 heteroatoms. The molecule has 0 aromatic rings. The zero-order valence-electron chi connectivity index (χ0n) is 12.8. The molecule has 0 aliphatic heterocycles. The maximum atomic E-state index is 11.6. The first kappa shape index (κ1) is 22.4. The van der Waals surface area contributed by atoms with Gasteiger partial charge in [-0.25, -0.2) is 8.42 Å². The number of hydrogen-bond donors (Lipinski definition) is 1. The van der Waals surface area contributed by atoms with Crippen LogP contribution in [0.3, 0.4) is 0 Å². The summed E-state index contributed by atoms with van der Waals surface area (Å²) < 4.78 is 32.0. The molecule has 1 N–H and O–H groups in total. The van der Waals surface area contributed by atoms with Gasteiger partial charge in [-0.1, -0.05) is 45.6 Å². The van der Waals surface area contributed by atoms with Crippen LogP contribution in [0.25, 0.3) is 0 Å². The maximum absolute atomic E-state index is 11.6. The zero-order chi connectivity index (χ0) is 14.9. The predicted molar refractivity (Wildman–Crippen MR) is 74.4 cm³/mol. The van der Waals surface area contributed by atoms with E-state index in [1.165, 1.54) is 19.3 Å². The molecule has 0 heterocycles. The van der Waals surface area contributed by atoms with Crippen LogP contribution in [-0.4, -0.2) is 24.3 Å². The van der Waals surface area contributed by atoms with E-state index >= 15 is 0 Å². The standard InChI is InChI=1S/C13H25NO4S.Na/c1-4-5-6-7-8-9-10-11(2)13(15)14-12(3)19(16,17)18;/h12H,2,4-10H2,1,3H3,(H,14,15)(H,16,17,18);/q;+1/p-1. The summed E-state index contributed by atoms with van der Waals surface area (Å²) in [6, 6.07) is 0. The molecule has 5 nitrogen and oxygen atoms in total. The smallest absolute Gasteiger partial charge is 0.746 e. The van der Waals surface area contributed by atoms with Gasteiger partial charge in [0.15, 0.2) is 0 Å². The van der Waals surface area contributed by atoms with E-state index in [4.69, 9.17) is 0 Å². The summed E-state index contributed by atoms with van der Waals surface area (Å²) in [6.07, 6.45) is 7.16. The van der Waals surface area contributed by atoms with Crippen LogP contribution in [0.1, 0.15) is 58.8 Å². The van der Waals surface area contributed by atoms with Gasteiger partial charge in [0.05, 0.1) is 0 Å². The molecule has 0 bridgehead atoms. The molecule has 0 aliphatic carbocycles. The normalized spacial score (nSPS) is 12.3. The fraction of sp³-hybridized carbons (Fsp3) is 0.769. The average molecular weight is 313 g/mol. The quantitative estimate of drug-likeness (QED) is 0.250. The number of carbonyl (C=O) groups is 1. The van der Waals surface area contributed by atoms with Crippen molar-refractivity contribution in [3.63, 3.8) is 0 Å². The minimum Gasteiger partial charge on any atom is -0.746 e. The van der Waals surface area contributed by atoms with E-state index in [9.17, 15) is 17.8 Å². The van der Waals surface area contributed by atoms with Crippen LogP contribution in [0.15, 0.2) is 12.2 Å². The van der Waals surface area contributed by atoms with Crippen LogP contribution in [0, 0.1) is 0 Å². The van der Waals surface area contributed by atoms with E-state index in [1.54, 1.807) is 0 Å². The Morgan fingerprint density at radius 1 is 1.20 bits per heavy atom. The van der Waals surface area contributed by atoms with Gasteiger partial charge in [0.2, 0.25) is 5.91 Å². The molecule has 0 aliphatic rings. The summed E-state index contributed by atoms with van der Waals surface area (Å²) in [6.45, 7) is 6.92. The largest absolute Gasteiger partial charge is 1.00 e. The van der Waals surface area contributed by atoms with Crippen molar-refractivity contribution >= 4 is 16.0 Å². The summed E-state index contributed by atoms with van der Waals surface area (Å²) >= 11 is 0. The van der Waals surface area contributed by atoms with Gasteiger partial charge in [-0.3, -0.25) is 4.79 Å². The first-order valence-electron chi connectivity index (χ1n) is 6.72. The Hall–Kier alpha value is 0.120. The molecule has 1 unspecified atom stereocenters. The molecular formula is C13H24NNaO4S. The second kappa shape index (κ2) is 11.7. The van der Waals surface area contributed by atoms with Gasteiger partial charge in [0.25, 0.3) is 0 Å². The maximum Gasteiger partial charge on any atom is 1.00 e. The van der Waals surface area contributed by atoms with Crippen molar-refractivity contribution in [2.75, 3.05) is 0 Å². The third-order valence-electron chi connectivity index (χ3n) is 2.92. The summed E-state index contributed by atoms with van der Waals surface area (Å²) in [5.74, 6) is -0.555. The summed E-state index contributed by atoms with van der Waals surface area (Å²) in [5.41, 5.74) is 0.325. The van der Waals surface area contributed by atoms with E-state index in [2.05, 4.69) is 18.8 Å². The van der Waals surface area contributed by atoms with Crippen molar-refractivity contribution in [3.05, 3.63) is 12.2 Å². The number of nitrogens with one attached hydrogen (secondary N) is 1. The fourth-order valence-electron chi connectivity index (χ4n) is 1.59. The Morgan fingerprint density at radius 3 is 2.20 bits per heavy atom. The van der Waals surface area contributed by atoms with Crippen molar-refractivity contribution in [2.24, 2.45) is 0 Å². The molecule has 20 heavy (non-hydrogen) atoms. The van der Waals surface area contributed by atoms with E-state index < -0.39 is 21.4 Å². The second-order valence-corrected chi connectivity index (χ2v) is 6.42. The van der Waals surface area contributed by atoms with Crippen LogP contribution in [0.5, 0.6) is 0 Å². The van der Waals surface area contributed by atoms with Gasteiger partial charge < -0.3 is 9.87 Å². The molecule has 0 radical (unpaired) electrons. The van der Waals surface area contributed by atoms with Crippen LogP contribution in [-0.2, 0) is 14.9 Å². The minimum absolute atomic E-state index is 0. The average Bonchev–Trinajstić information content (AvgIpc) is 2.31. The van der Waals surface area contributed by atoms with Crippen LogP contribution in [0.4, 0.5) is 0 Å². The van der Waals surface area contributed by atoms with Crippen molar-refractivity contribution < 1.29 is 47.3 Å². The van der Waals surface area contributed by atoms with E-state index in [-0.39, 0.29) is 29.6 Å². The minimum atomic E-state index is -4.49. The van der Waals surface area contributed by atoms with Crippen LogP contribution < -0.4 is 34.9 Å². The fourth-order valence-corrected chi connectivity index (χ4v) is 1.84. The number of hydrogen-bond acceptors (Lipinski definition) is 4. The third kappa shape index (κ3) is 10.9. The molecule has 0 saturated carbocycles. The first-order valence-corrected chi connectivity index (χ1v) is 8.19. The molecule has 0 spiro atoms. The van der Waals surface area contributed by atoms with Gasteiger partial charge in [-0.05, 0) is 19.8 Å². The van der Waals surface area contributed by atoms with Gasteiger partial charge >= 0.3 is 29.6 Å². The van der Waals surface area contributed by atoms with Gasteiger partial charge in [0, 0.05) is 5.57 Å². The van der Waals surface area contributed by atoms with Crippen molar-refractivity contribution in [1.29, 1.82) is 0 Å². The summed E-state index contributed by atoms with van der Waals surface area (Å²) in [4.78, 5) is 11.6. The molecule has 0 fully saturated rings. The number of unbranched alkanes of at least 4 members (excludes halogenated alkanes) is 5. The predicted octanol–water partition coefficient (Wildman–Crippen LogP) is -0.695. The Kier molecular flexibility index (Phi) is 13.2. The Balaban J connectivity index is 0. The van der Waals surface area contributed by atoms with Crippen molar-refractivity contribution in [1.82, 2.24) is 5.32 Å². The topological polar surface area (TPSA) is 86.3 Å².